The van der Waals surface area contributed by atoms with Crippen molar-refractivity contribution in [3.8, 4) is 0 Å². The maximum atomic E-state index is 14.0. The van der Waals surface area contributed by atoms with Crippen molar-refractivity contribution in [3.63, 3.8) is 0 Å². The molecule has 4 atom stereocenters. The highest BCUT2D eigenvalue weighted by atomic mass is 16.6. The van der Waals surface area contributed by atoms with Gasteiger partial charge in [0.05, 0.1) is 34.6 Å². The van der Waals surface area contributed by atoms with Crippen LogP contribution >= 0.6 is 0 Å². The van der Waals surface area contributed by atoms with Crippen molar-refractivity contribution in [1.82, 2.24) is 10.6 Å². The molecule has 0 radical (unpaired) electrons. The first-order valence-corrected chi connectivity index (χ1v) is 19.4. The van der Waals surface area contributed by atoms with Gasteiger partial charge in [-0.2, -0.15) is 0 Å². The third-order valence-electron chi connectivity index (χ3n) is 9.65. The molecule has 0 fully saturated rings. The van der Waals surface area contributed by atoms with Crippen molar-refractivity contribution < 1.29 is 38.9 Å². The number of ether oxygens (including phenoxy) is 2. The maximum Gasteiger partial charge on any atom is 0.411 e. The maximum absolute atomic E-state index is 14.0. The first-order chi connectivity index (χ1) is 29.2. The van der Waals surface area contributed by atoms with Crippen LogP contribution in [0, 0.1) is 0 Å². The van der Waals surface area contributed by atoms with Crippen molar-refractivity contribution in [2.45, 2.75) is 50.3 Å². The third kappa shape index (κ3) is 12.4. The van der Waals surface area contributed by atoms with E-state index in [0.29, 0.717) is 0 Å². The molecular formula is C48H46N4O8. The van der Waals surface area contributed by atoms with E-state index < -0.39 is 48.3 Å². The fourth-order valence-electron chi connectivity index (χ4n) is 6.54. The fraction of sp³-hybridized carbons (Fsp3) is 0.167. The largest absolute Gasteiger partial charge is 0.444 e. The van der Waals surface area contributed by atoms with Crippen LogP contribution in [0.4, 0.5) is 21.0 Å². The highest BCUT2D eigenvalue weighted by molar-refractivity contribution is 6.03. The van der Waals surface area contributed by atoms with E-state index in [4.69, 9.17) is 9.47 Å². The van der Waals surface area contributed by atoms with E-state index >= 15 is 0 Å². The van der Waals surface area contributed by atoms with Crippen LogP contribution in [0.25, 0.3) is 0 Å². The second kappa shape index (κ2) is 21.5. The van der Waals surface area contributed by atoms with Gasteiger partial charge in [-0.15, -0.1) is 0 Å². The van der Waals surface area contributed by atoms with Crippen LogP contribution in [-0.4, -0.2) is 58.5 Å². The van der Waals surface area contributed by atoms with Crippen LogP contribution in [-0.2, 0) is 35.5 Å². The van der Waals surface area contributed by atoms with E-state index in [1.54, 1.807) is 36.4 Å². The number of amides is 4. The van der Waals surface area contributed by atoms with Crippen LogP contribution in [0.2, 0.25) is 0 Å². The van der Waals surface area contributed by atoms with E-state index in [1.165, 1.54) is 12.1 Å². The standard InChI is InChI=1S/C48H46N4O8/c53-43(41(29-33-17-5-1-6-18-33)49-45(55)37-25-13-15-27-39(37)51-47(57)59-31-35-21-9-3-10-22-35)44(54)42(30-34-19-7-2-8-20-34)50-46(56)38-26-14-16-28-40(38)52-48(58)60-32-36-23-11-4-12-24-36/h1-28,41-44,53-54H,29-32H2,(H,49,55)(H,50,56)(H,51,57)(H,52,58). The number of carbonyl (C=O) groups is 4. The first kappa shape index (κ1) is 42.3. The average molecular weight is 807 g/mol. The summed E-state index contributed by atoms with van der Waals surface area (Å²) < 4.78 is 10.7. The van der Waals surface area contributed by atoms with Crippen LogP contribution < -0.4 is 21.3 Å². The van der Waals surface area contributed by atoms with E-state index in [0.717, 1.165) is 22.3 Å². The lowest BCUT2D eigenvalue weighted by atomic mass is 9.90. The molecule has 4 unspecified atom stereocenters. The molecule has 6 aromatic carbocycles. The van der Waals surface area contributed by atoms with E-state index in [-0.39, 0.29) is 48.6 Å². The number of anilines is 2. The van der Waals surface area contributed by atoms with Gasteiger partial charge in [-0.05, 0) is 59.4 Å². The lowest BCUT2D eigenvalue weighted by molar-refractivity contribution is -0.0219. The minimum Gasteiger partial charge on any atom is -0.444 e. The van der Waals surface area contributed by atoms with Crippen molar-refractivity contribution in [1.29, 1.82) is 0 Å². The molecule has 6 N–H and O–H groups in total. The molecule has 0 spiro atoms. The van der Waals surface area contributed by atoms with Crippen LogP contribution in [0.15, 0.2) is 170 Å². The number of aliphatic hydroxyl groups excluding tert-OH is 2. The van der Waals surface area contributed by atoms with Crippen molar-refractivity contribution in [2.75, 3.05) is 10.6 Å². The Labute approximate surface area is 348 Å². The molecule has 0 saturated heterocycles. The molecule has 0 heterocycles. The Bertz CT molecular complexity index is 2150. The summed E-state index contributed by atoms with van der Waals surface area (Å²) in [5.74, 6) is -1.27. The van der Waals surface area contributed by atoms with E-state index in [2.05, 4.69) is 21.3 Å². The van der Waals surface area contributed by atoms with Crippen LogP contribution in [0.5, 0.6) is 0 Å². The minimum atomic E-state index is -1.62. The summed E-state index contributed by atoms with van der Waals surface area (Å²) in [6.07, 6.45) is -4.58. The SMILES string of the molecule is O=C(Nc1ccccc1C(=O)NC(Cc1ccccc1)C(O)C(O)C(Cc1ccccc1)NC(=O)c1ccccc1NC(=O)OCc1ccccc1)OCc1ccccc1. The Morgan fingerprint density at radius 2 is 0.717 bits per heavy atom. The zero-order valence-electron chi connectivity index (χ0n) is 32.6. The molecule has 0 aliphatic rings. The highest BCUT2D eigenvalue weighted by Crippen LogP contribution is 2.21. The molecular weight excluding hydrogens is 761 g/mol. The Kier molecular flexibility index (Phi) is 15.1. The predicted molar refractivity (Wildman–Crippen MR) is 228 cm³/mol. The van der Waals surface area contributed by atoms with Gasteiger partial charge in [-0.1, -0.05) is 146 Å². The van der Waals surface area contributed by atoms with Crippen LogP contribution in [0.3, 0.4) is 0 Å². The minimum absolute atomic E-state index is 0.0222. The molecule has 4 amide bonds. The molecule has 6 rings (SSSR count). The molecule has 0 bridgehead atoms. The number of hydrogen-bond acceptors (Lipinski definition) is 8. The van der Waals surface area contributed by atoms with E-state index in [1.807, 2.05) is 121 Å². The van der Waals surface area contributed by atoms with Gasteiger partial charge in [0.1, 0.15) is 25.4 Å². The van der Waals surface area contributed by atoms with Crippen molar-refractivity contribution in [3.05, 3.63) is 203 Å². The predicted octanol–water partition coefficient (Wildman–Crippen LogP) is 7.29. The number of para-hydroxylation sites is 2. The van der Waals surface area contributed by atoms with Gasteiger partial charge in [0.15, 0.2) is 0 Å². The number of carbonyl (C=O) groups excluding carboxylic acids is 4. The summed E-state index contributed by atoms with van der Waals surface area (Å²) in [7, 11) is 0. The quantitative estimate of drug-likeness (QED) is 0.0557. The lowest BCUT2D eigenvalue weighted by Crippen LogP contribution is -2.57. The number of aliphatic hydroxyl groups is 2. The van der Waals surface area contributed by atoms with Gasteiger partial charge in [-0.25, -0.2) is 9.59 Å². The normalized spacial score (nSPS) is 12.8. The van der Waals surface area contributed by atoms with Gasteiger partial charge >= 0.3 is 12.2 Å². The summed E-state index contributed by atoms with van der Waals surface area (Å²) in [6.45, 7) is 0.0443. The van der Waals surface area contributed by atoms with Gasteiger partial charge < -0.3 is 30.3 Å². The second-order valence-electron chi connectivity index (χ2n) is 14.0. The number of benzene rings is 6. The number of nitrogens with one attached hydrogen (secondary N) is 4. The lowest BCUT2D eigenvalue weighted by Gasteiger charge is -2.33. The monoisotopic (exact) mass is 806 g/mol. The smallest absolute Gasteiger partial charge is 0.411 e. The van der Waals surface area contributed by atoms with E-state index in [9.17, 15) is 29.4 Å². The van der Waals surface area contributed by atoms with Gasteiger partial charge in [0, 0.05) is 0 Å². The molecule has 0 aliphatic heterocycles. The van der Waals surface area contributed by atoms with Crippen LogP contribution in [0.1, 0.15) is 43.0 Å². The second-order valence-corrected chi connectivity index (χ2v) is 14.0. The summed E-state index contributed by atoms with van der Waals surface area (Å²) in [5.41, 5.74) is 3.62. The zero-order chi connectivity index (χ0) is 42.1. The average Bonchev–Trinajstić information content (AvgIpc) is 3.28. The fourth-order valence-corrected chi connectivity index (χ4v) is 6.54. The molecule has 0 saturated carbocycles. The molecule has 306 valence electrons. The Balaban J connectivity index is 1.20. The molecule has 12 nitrogen and oxygen atoms in total. The molecule has 0 aromatic heterocycles. The topological polar surface area (TPSA) is 175 Å². The first-order valence-electron chi connectivity index (χ1n) is 19.4. The number of rotatable bonds is 17. The third-order valence-corrected chi connectivity index (χ3v) is 9.65. The van der Waals surface area contributed by atoms with Crippen molar-refractivity contribution >= 4 is 35.4 Å². The van der Waals surface area contributed by atoms with Gasteiger partial charge in [0.2, 0.25) is 0 Å². The van der Waals surface area contributed by atoms with Gasteiger partial charge in [-0.3, -0.25) is 20.2 Å². The van der Waals surface area contributed by atoms with Crippen molar-refractivity contribution in [2.24, 2.45) is 0 Å². The number of hydrogen-bond donors (Lipinski definition) is 6. The zero-order valence-corrected chi connectivity index (χ0v) is 32.6. The molecule has 6 aromatic rings. The Hall–Kier alpha value is -7.28. The summed E-state index contributed by atoms with van der Waals surface area (Å²) >= 11 is 0. The molecule has 0 aliphatic carbocycles. The Morgan fingerprint density at radius 1 is 0.417 bits per heavy atom. The molecule has 12 heteroatoms. The Morgan fingerprint density at radius 3 is 1.07 bits per heavy atom. The summed E-state index contributed by atoms with van der Waals surface area (Å²) in [4.78, 5) is 53.6. The summed E-state index contributed by atoms with van der Waals surface area (Å²) in [5, 5.41) is 35.0. The highest BCUT2D eigenvalue weighted by Gasteiger charge is 2.35. The van der Waals surface area contributed by atoms with Gasteiger partial charge in [0.25, 0.3) is 11.8 Å². The molecule has 60 heavy (non-hydrogen) atoms. The summed E-state index contributed by atoms with van der Waals surface area (Å²) in [6, 6.07) is 47.1.